The third-order valence-electron chi connectivity index (χ3n) is 3.50. The summed E-state index contributed by atoms with van der Waals surface area (Å²) in [5.41, 5.74) is -3.84. The lowest BCUT2D eigenvalue weighted by atomic mass is 10.1. The van der Waals surface area contributed by atoms with Crippen LogP contribution in [-0.2, 0) is 11.0 Å². The molecule has 0 spiro atoms. The standard InChI is InChI=1S/C18H14F4N2O2S/c1-17(26,10-27-13-6-3-11(19)4-7-13)16(25)24-12-5-8-15(23-2)14(9-12)18(20,21)22/h3-9,26H,10H2,1H3,(H,24,25)/t17-/m0/s1/i19-1. The van der Waals surface area contributed by atoms with Crippen LogP contribution >= 0.6 is 11.8 Å². The molecule has 2 N–H and O–H groups in total. The van der Waals surface area contributed by atoms with E-state index in [1.54, 1.807) is 0 Å². The monoisotopic (exact) mass is 397 g/mol. The number of thioether (sulfide) groups is 1. The van der Waals surface area contributed by atoms with E-state index in [1.165, 1.54) is 31.2 Å². The molecule has 0 heterocycles. The minimum absolute atomic E-state index is 0.100. The number of nitrogens with one attached hydrogen (secondary N) is 1. The van der Waals surface area contributed by atoms with Crippen molar-refractivity contribution in [1.82, 2.24) is 0 Å². The van der Waals surface area contributed by atoms with E-state index in [0.717, 1.165) is 23.9 Å². The number of alkyl halides is 3. The zero-order chi connectivity index (χ0) is 20.2. The predicted octanol–water partition coefficient (Wildman–Crippen LogP) is 4.88. The largest absolute Gasteiger partial charge is 0.407 e. The predicted molar refractivity (Wildman–Crippen MR) is 94.1 cm³/mol. The number of carbonyl (C=O) groups is 1. The minimum Gasteiger partial charge on any atom is -0.379 e. The second kappa shape index (κ2) is 7.98. The fourth-order valence-electron chi connectivity index (χ4n) is 2.02. The van der Waals surface area contributed by atoms with Gasteiger partial charge in [-0.3, -0.25) is 4.79 Å². The lowest BCUT2D eigenvalue weighted by molar-refractivity contribution is -0.137. The normalized spacial score (nSPS) is 13.5. The van der Waals surface area contributed by atoms with Gasteiger partial charge in [0.05, 0.1) is 12.1 Å². The number of halogens is 4. The molecule has 0 unspecified atom stereocenters. The van der Waals surface area contributed by atoms with Crippen LogP contribution in [0.2, 0.25) is 0 Å². The Morgan fingerprint density at radius 2 is 1.85 bits per heavy atom. The first-order valence-electron chi connectivity index (χ1n) is 7.54. The van der Waals surface area contributed by atoms with Crippen molar-refractivity contribution in [3.05, 3.63) is 65.3 Å². The fraction of sp³-hybridized carbons (Fsp3) is 0.222. The van der Waals surface area contributed by atoms with E-state index in [0.29, 0.717) is 11.0 Å². The van der Waals surface area contributed by atoms with Crippen LogP contribution in [0, 0.1) is 12.4 Å². The average Bonchev–Trinajstić information content (AvgIpc) is 2.60. The van der Waals surface area contributed by atoms with E-state index in [9.17, 15) is 27.5 Å². The molecule has 142 valence electrons. The Bertz CT molecular complexity index is 874. The third-order valence-corrected chi connectivity index (χ3v) is 4.81. The van der Waals surface area contributed by atoms with Crippen molar-refractivity contribution >= 4 is 29.0 Å². The molecule has 0 radical (unpaired) electrons. The highest BCUT2D eigenvalue weighted by Gasteiger charge is 2.35. The summed E-state index contributed by atoms with van der Waals surface area (Å²) in [5, 5.41) is 12.5. The Balaban J connectivity index is 2.11. The highest BCUT2D eigenvalue weighted by atomic mass is 32.2. The van der Waals surface area contributed by atoms with Crippen LogP contribution in [0.3, 0.4) is 0 Å². The Labute approximate surface area is 157 Å². The summed E-state index contributed by atoms with van der Waals surface area (Å²) in [6.45, 7) is 8.02. The topological polar surface area (TPSA) is 53.7 Å². The number of nitrogens with zero attached hydrogens (tertiary/aromatic N) is 1. The van der Waals surface area contributed by atoms with E-state index in [1.807, 2.05) is 0 Å². The van der Waals surface area contributed by atoms with Gasteiger partial charge < -0.3 is 10.4 Å². The number of amides is 1. The van der Waals surface area contributed by atoms with Crippen molar-refractivity contribution < 1.29 is 27.5 Å². The van der Waals surface area contributed by atoms with Crippen LogP contribution < -0.4 is 5.32 Å². The molecule has 0 aliphatic heterocycles. The first-order chi connectivity index (χ1) is 12.5. The number of rotatable bonds is 5. The van der Waals surface area contributed by atoms with Crippen LogP contribution in [0.1, 0.15) is 12.5 Å². The van der Waals surface area contributed by atoms with E-state index in [4.69, 9.17) is 6.57 Å². The van der Waals surface area contributed by atoms with Crippen LogP contribution in [0.15, 0.2) is 47.4 Å². The van der Waals surface area contributed by atoms with Crippen LogP contribution in [0.4, 0.5) is 28.9 Å². The molecule has 2 rings (SSSR count). The van der Waals surface area contributed by atoms with Gasteiger partial charge in [0.25, 0.3) is 5.91 Å². The molecule has 1 amide bonds. The van der Waals surface area contributed by atoms with Gasteiger partial charge in [0.15, 0.2) is 5.69 Å². The third kappa shape index (κ3) is 5.45. The van der Waals surface area contributed by atoms with Crippen molar-refractivity contribution in [2.24, 2.45) is 0 Å². The van der Waals surface area contributed by atoms with Crippen LogP contribution in [0.5, 0.6) is 0 Å². The summed E-state index contributed by atoms with van der Waals surface area (Å²) in [7, 11) is 0. The summed E-state index contributed by atoms with van der Waals surface area (Å²) >= 11 is 1.09. The molecule has 0 saturated heterocycles. The quantitative estimate of drug-likeness (QED) is 0.430. The maximum atomic E-state index is 13.0. The van der Waals surface area contributed by atoms with Gasteiger partial charge in [0.1, 0.15) is 11.4 Å². The number of hydrogen-bond acceptors (Lipinski definition) is 3. The number of anilines is 1. The second-order valence-corrected chi connectivity index (χ2v) is 6.86. The van der Waals surface area contributed by atoms with E-state index >= 15 is 0 Å². The Hall–Kier alpha value is -2.57. The summed E-state index contributed by atoms with van der Waals surface area (Å²) < 4.78 is 51.8. The Morgan fingerprint density at radius 1 is 1.22 bits per heavy atom. The van der Waals surface area contributed by atoms with Gasteiger partial charge in [-0.1, -0.05) is 6.07 Å². The molecule has 2 aromatic rings. The zero-order valence-electron chi connectivity index (χ0n) is 14.0. The molecule has 27 heavy (non-hydrogen) atoms. The van der Waals surface area contributed by atoms with Gasteiger partial charge in [-0.2, -0.15) is 13.2 Å². The van der Waals surface area contributed by atoms with Crippen LogP contribution in [-0.4, -0.2) is 22.4 Å². The molecular weight excluding hydrogens is 383 g/mol. The summed E-state index contributed by atoms with van der Waals surface area (Å²) in [4.78, 5) is 15.7. The smallest absolute Gasteiger partial charge is 0.379 e. The second-order valence-electron chi connectivity index (χ2n) is 5.81. The number of aliphatic hydroxyl groups is 1. The zero-order valence-corrected chi connectivity index (χ0v) is 14.8. The van der Waals surface area contributed by atoms with E-state index in [-0.39, 0.29) is 11.4 Å². The molecule has 2 aromatic carbocycles. The van der Waals surface area contributed by atoms with Crippen LogP contribution in [0.25, 0.3) is 4.85 Å². The molecule has 1 atom stereocenters. The highest BCUT2D eigenvalue weighted by molar-refractivity contribution is 7.99. The molecular formula is C18H14F4N2O2S. The molecule has 0 bridgehead atoms. The van der Waals surface area contributed by atoms with Crippen molar-refractivity contribution in [3.8, 4) is 0 Å². The summed E-state index contributed by atoms with van der Waals surface area (Å²) in [6.07, 6.45) is -4.75. The fourth-order valence-corrected chi connectivity index (χ4v) is 2.93. The SMILES string of the molecule is [C-]#[N+]c1ccc(NC(=O)[C@@](C)(O)CSc2ccc([18F])cc2)cc1C(F)(F)F. The van der Waals surface area contributed by atoms with E-state index < -0.39 is 34.8 Å². The summed E-state index contributed by atoms with van der Waals surface area (Å²) in [6, 6.07) is 8.17. The van der Waals surface area contributed by atoms with Gasteiger partial charge >= 0.3 is 6.18 Å². The van der Waals surface area contributed by atoms with Crippen molar-refractivity contribution in [1.29, 1.82) is 0 Å². The maximum absolute atomic E-state index is 13.0. The Kier molecular flexibility index (Phi) is 6.13. The number of hydrogen-bond donors (Lipinski definition) is 2. The molecule has 0 saturated carbocycles. The highest BCUT2D eigenvalue weighted by Crippen LogP contribution is 2.38. The minimum atomic E-state index is -4.75. The van der Waals surface area contributed by atoms with Gasteiger partial charge in [0, 0.05) is 16.3 Å². The van der Waals surface area contributed by atoms with Gasteiger partial charge in [0.2, 0.25) is 0 Å². The van der Waals surface area contributed by atoms with E-state index in [2.05, 4.69) is 10.2 Å². The summed E-state index contributed by atoms with van der Waals surface area (Å²) in [5.74, 6) is -1.43. The number of carbonyl (C=O) groups excluding carboxylic acids is 1. The Morgan fingerprint density at radius 3 is 2.41 bits per heavy atom. The van der Waals surface area contributed by atoms with Crippen molar-refractivity contribution in [3.63, 3.8) is 0 Å². The molecule has 0 fully saturated rings. The molecule has 4 nitrogen and oxygen atoms in total. The van der Waals surface area contributed by atoms with Crippen molar-refractivity contribution in [2.45, 2.75) is 23.6 Å². The number of benzene rings is 2. The van der Waals surface area contributed by atoms with Crippen molar-refractivity contribution in [2.75, 3.05) is 11.1 Å². The lowest BCUT2D eigenvalue weighted by Crippen LogP contribution is -2.42. The van der Waals surface area contributed by atoms with Gasteiger partial charge in [-0.05, 0) is 43.3 Å². The molecule has 9 heteroatoms. The molecule has 0 aliphatic carbocycles. The maximum Gasteiger partial charge on any atom is 0.407 e. The average molecular weight is 397 g/mol. The lowest BCUT2D eigenvalue weighted by Gasteiger charge is -2.22. The van der Waals surface area contributed by atoms with Gasteiger partial charge in [-0.25, -0.2) is 9.24 Å². The molecule has 0 aromatic heterocycles. The first-order valence-corrected chi connectivity index (χ1v) is 8.52. The van der Waals surface area contributed by atoms with Gasteiger partial charge in [-0.15, -0.1) is 11.8 Å². The molecule has 0 aliphatic rings. The first kappa shape index (κ1) is 20.7.